The number of nitrogens with zero attached hydrogens (tertiary/aromatic N) is 4. The largest absolute Gasteiger partial charge is 0.356 e. The first-order valence-corrected chi connectivity index (χ1v) is 9.70. The predicted molar refractivity (Wildman–Crippen MR) is 106 cm³/mol. The van der Waals surface area contributed by atoms with Crippen LogP contribution in [0.5, 0.6) is 0 Å². The van der Waals surface area contributed by atoms with Crippen molar-refractivity contribution in [3.63, 3.8) is 0 Å². The molecule has 132 valence electrons. The summed E-state index contributed by atoms with van der Waals surface area (Å²) in [5.74, 6) is 1.33. The SMILES string of the molecule is CN=C(NCCc1ccc(Br)s1)N(C)Cc1cn(C)nc1C(C)C. The number of aromatic nitrogens is 2. The van der Waals surface area contributed by atoms with Gasteiger partial charge in [0.15, 0.2) is 5.96 Å². The lowest BCUT2D eigenvalue weighted by Crippen LogP contribution is -2.39. The lowest BCUT2D eigenvalue weighted by atomic mass is 10.1. The lowest BCUT2D eigenvalue weighted by molar-refractivity contribution is 0.474. The summed E-state index contributed by atoms with van der Waals surface area (Å²) >= 11 is 5.28. The van der Waals surface area contributed by atoms with Gasteiger partial charge in [0.05, 0.1) is 9.48 Å². The second-order valence-corrected chi connectivity index (χ2v) is 8.70. The van der Waals surface area contributed by atoms with Crippen LogP contribution in [-0.2, 0) is 20.0 Å². The van der Waals surface area contributed by atoms with E-state index in [1.54, 1.807) is 11.3 Å². The van der Waals surface area contributed by atoms with Gasteiger partial charge in [-0.2, -0.15) is 5.10 Å². The van der Waals surface area contributed by atoms with E-state index in [-0.39, 0.29) is 0 Å². The van der Waals surface area contributed by atoms with Crippen LogP contribution in [0.3, 0.4) is 0 Å². The van der Waals surface area contributed by atoms with Gasteiger partial charge in [-0.25, -0.2) is 0 Å². The van der Waals surface area contributed by atoms with Gasteiger partial charge in [-0.3, -0.25) is 9.67 Å². The van der Waals surface area contributed by atoms with Crippen LogP contribution in [0.15, 0.2) is 27.1 Å². The number of aliphatic imine (C=N–C) groups is 1. The summed E-state index contributed by atoms with van der Waals surface area (Å²) in [5, 5.41) is 8.02. The van der Waals surface area contributed by atoms with Gasteiger partial charge >= 0.3 is 0 Å². The minimum atomic E-state index is 0.418. The molecule has 7 heteroatoms. The van der Waals surface area contributed by atoms with Crippen molar-refractivity contribution >= 4 is 33.2 Å². The van der Waals surface area contributed by atoms with Gasteiger partial charge in [-0.1, -0.05) is 13.8 Å². The van der Waals surface area contributed by atoms with Crippen LogP contribution in [0.2, 0.25) is 0 Å². The zero-order valence-corrected chi connectivity index (χ0v) is 17.4. The molecule has 0 bridgehead atoms. The Balaban J connectivity index is 1.93. The maximum Gasteiger partial charge on any atom is 0.193 e. The molecule has 0 fully saturated rings. The maximum absolute atomic E-state index is 4.58. The summed E-state index contributed by atoms with van der Waals surface area (Å²) in [6.45, 7) is 6.02. The molecular weight excluding hydrogens is 386 g/mol. The summed E-state index contributed by atoms with van der Waals surface area (Å²) < 4.78 is 3.07. The van der Waals surface area contributed by atoms with Crippen molar-refractivity contribution in [1.82, 2.24) is 20.0 Å². The normalized spacial score (nSPS) is 12.0. The number of halogens is 1. The summed E-state index contributed by atoms with van der Waals surface area (Å²) in [7, 11) is 5.86. The average molecular weight is 412 g/mol. The zero-order valence-electron chi connectivity index (χ0n) is 15.0. The topological polar surface area (TPSA) is 45.5 Å². The lowest BCUT2D eigenvalue weighted by Gasteiger charge is -2.22. The number of aryl methyl sites for hydroxylation is 1. The molecule has 0 atom stereocenters. The zero-order chi connectivity index (χ0) is 17.7. The number of guanidine groups is 1. The van der Waals surface area contributed by atoms with E-state index >= 15 is 0 Å². The maximum atomic E-state index is 4.58. The molecule has 0 amide bonds. The van der Waals surface area contributed by atoms with Crippen molar-refractivity contribution < 1.29 is 0 Å². The Hall–Kier alpha value is -1.34. The Bertz CT molecular complexity index is 689. The molecule has 0 radical (unpaired) electrons. The molecular formula is C17H26BrN5S. The van der Waals surface area contributed by atoms with Crippen LogP contribution < -0.4 is 5.32 Å². The third-order valence-electron chi connectivity index (χ3n) is 3.75. The van der Waals surface area contributed by atoms with Crippen molar-refractivity contribution in [3.05, 3.63) is 38.3 Å². The molecule has 5 nitrogen and oxygen atoms in total. The summed E-state index contributed by atoms with van der Waals surface area (Å²) in [5.41, 5.74) is 2.41. The van der Waals surface area contributed by atoms with Gasteiger partial charge < -0.3 is 10.2 Å². The number of nitrogens with one attached hydrogen (secondary N) is 1. The highest BCUT2D eigenvalue weighted by Crippen LogP contribution is 2.22. The highest BCUT2D eigenvalue weighted by atomic mass is 79.9. The molecule has 0 saturated heterocycles. The molecule has 0 saturated carbocycles. The average Bonchev–Trinajstić information content (AvgIpc) is 3.09. The van der Waals surface area contributed by atoms with Crippen LogP contribution in [0.4, 0.5) is 0 Å². The smallest absolute Gasteiger partial charge is 0.193 e. The second-order valence-electron chi connectivity index (χ2n) is 6.15. The minimum absolute atomic E-state index is 0.418. The highest BCUT2D eigenvalue weighted by molar-refractivity contribution is 9.11. The van der Waals surface area contributed by atoms with Gasteiger partial charge in [0.1, 0.15) is 0 Å². The van der Waals surface area contributed by atoms with Gasteiger partial charge in [-0.15, -0.1) is 11.3 Å². The molecule has 2 heterocycles. The van der Waals surface area contributed by atoms with Gasteiger partial charge in [-0.05, 0) is 40.4 Å². The second kappa shape index (κ2) is 8.67. The molecule has 0 unspecified atom stereocenters. The van der Waals surface area contributed by atoms with Crippen LogP contribution in [0, 0.1) is 0 Å². The fourth-order valence-corrected chi connectivity index (χ4v) is 4.14. The first-order valence-electron chi connectivity index (χ1n) is 8.09. The van der Waals surface area contributed by atoms with Crippen molar-refractivity contribution in [1.29, 1.82) is 0 Å². The molecule has 0 spiro atoms. The Morgan fingerprint density at radius 3 is 2.79 bits per heavy atom. The number of hydrogen-bond donors (Lipinski definition) is 1. The van der Waals surface area contributed by atoms with Crippen molar-refractivity contribution in [3.8, 4) is 0 Å². The first kappa shape index (κ1) is 19.0. The van der Waals surface area contributed by atoms with E-state index in [1.807, 2.05) is 18.8 Å². The number of hydrogen-bond acceptors (Lipinski definition) is 3. The summed E-state index contributed by atoms with van der Waals surface area (Å²) in [6.07, 6.45) is 3.09. The predicted octanol–water partition coefficient (Wildman–Crippen LogP) is 3.62. The molecule has 2 rings (SSSR count). The summed E-state index contributed by atoms with van der Waals surface area (Å²) in [6, 6.07) is 4.25. The quantitative estimate of drug-likeness (QED) is 0.582. The van der Waals surface area contributed by atoms with Crippen LogP contribution >= 0.6 is 27.3 Å². The van der Waals surface area contributed by atoms with Gasteiger partial charge in [0.2, 0.25) is 0 Å². The first-order chi connectivity index (χ1) is 11.4. The molecule has 0 aliphatic rings. The van der Waals surface area contributed by atoms with Gasteiger partial charge in [0.25, 0.3) is 0 Å². The summed E-state index contributed by atoms with van der Waals surface area (Å²) in [4.78, 5) is 7.91. The molecule has 0 aliphatic carbocycles. The molecule has 2 aromatic rings. The van der Waals surface area contributed by atoms with E-state index in [0.717, 1.165) is 31.2 Å². The minimum Gasteiger partial charge on any atom is -0.356 e. The van der Waals surface area contributed by atoms with E-state index in [0.29, 0.717) is 5.92 Å². The van der Waals surface area contributed by atoms with E-state index in [1.165, 1.54) is 14.2 Å². The number of rotatable bonds is 6. The van der Waals surface area contributed by atoms with Crippen LogP contribution in [0.25, 0.3) is 0 Å². The van der Waals surface area contributed by atoms with E-state index in [9.17, 15) is 0 Å². The van der Waals surface area contributed by atoms with Crippen molar-refractivity contribution in [2.24, 2.45) is 12.0 Å². The fraction of sp³-hybridized carbons (Fsp3) is 0.529. The van der Waals surface area contributed by atoms with Crippen molar-refractivity contribution in [2.75, 3.05) is 20.6 Å². The van der Waals surface area contributed by atoms with Crippen LogP contribution in [0.1, 0.15) is 35.9 Å². The van der Waals surface area contributed by atoms with Crippen molar-refractivity contribution in [2.45, 2.75) is 32.7 Å². The Morgan fingerprint density at radius 1 is 1.46 bits per heavy atom. The molecule has 2 aromatic heterocycles. The van der Waals surface area contributed by atoms with E-state index in [2.05, 4.69) is 75.5 Å². The third-order valence-corrected chi connectivity index (χ3v) is 5.43. The molecule has 24 heavy (non-hydrogen) atoms. The standard InChI is InChI=1S/C17H26BrN5S/c1-12(2)16-13(11-23(5)21-16)10-22(4)17(19-3)20-9-8-14-6-7-15(18)24-14/h6-7,11-12H,8-10H2,1-5H3,(H,19,20). The molecule has 0 aromatic carbocycles. The monoisotopic (exact) mass is 411 g/mol. The fourth-order valence-electron chi connectivity index (χ4n) is 2.66. The Morgan fingerprint density at radius 2 is 2.21 bits per heavy atom. The Kier molecular flexibility index (Phi) is 6.86. The molecule has 1 N–H and O–H groups in total. The van der Waals surface area contributed by atoms with E-state index in [4.69, 9.17) is 0 Å². The van der Waals surface area contributed by atoms with E-state index < -0.39 is 0 Å². The highest BCUT2D eigenvalue weighted by Gasteiger charge is 2.15. The van der Waals surface area contributed by atoms with Crippen LogP contribution in [-0.4, -0.2) is 41.3 Å². The Labute approximate surface area is 156 Å². The van der Waals surface area contributed by atoms with Gasteiger partial charge in [0, 0.05) is 50.9 Å². The third kappa shape index (κ3) is 5.08. The number of thiophene rings is 1. The molecule has 0 aliphatic heterocycles.